The highest BCUT2D eigenvalue weighted by molar-refractivity contribution is 5.95. The van der Waals surface area contributed by atoms with Gasteiger partial charge in [-0.25, -0.2) is 9.82 Å². The van der Waals surface area contributed by atoms with Gasteiger partial charge in [-0.15, -0.1) is 0 Å². The van der Waals surface area contributed by atoms with Gasteiger partial charge in [-0.2, -0.15) is 5.10 Å². The van der Waals surface area contributed by atoms with Crippen LogP contribution < -0.4 is 14.9 Å². The summed E-state index contributed by atoms with van der Waals surface area (Å²) < 4.78 is 24.9. The largest absolute Gasteiger partial charge is 0.490 e. The lowest BCUT2D eigenvalue weighted by atomic mass is 10.2. The smallest absolute Gasteiger partial charge is 0.274 e. The zero-order valence-electron chi connectivity index (χ0n) is 15.2. The number of amides is 1. The predicted octanol–water partition coefficient (Wildman–Crippen LogP) is 4.02. The van der Waals surface area contributed by atoms with E-state index in [0.29, 0.717) is 30.6 Å². The van der Waals surface area contributed by atoms with E-state index in [4.69, 9.17) is 9.47 Å². The zero-order valence-corrected chi connectivity index (χ0v) is 15.2. The first kappa shape index (κ1) is 19.4. The second-order valence-corrected chi connectivity index (χ2v) is 6.02. The second-order valence-electron chi connectivity index (χ2n) is 6.02. The Bertz CT molecular complexity index is 775. The lowest BCUT2D eigenvalue weighted by molar-refractivity contribution is 0.0951. The number of ether oxygens (including phenoxy) is 2. The molecule has 0 aliphatic rings. The van der Waals surface area contributed by atoms with Gasteiger partial charge in [0.1, 0.15) is 5.82 Å². The van der Waals surface area contributed by atoms with Gasteiger partial charge in [-0.1, -0.05) is 26.0 Å². The molecule has 1 N–H and O–H groups in total. The molecule has 0 saturated heterocycles. The van der Waals surface area contributed by atoms with E-state index in [0.717, 1.165) is 5.56 Å². The third-order valence-electron chi connectivity index (χ3n) is 3.34. The van der Waals surface area contributed by atoms with Gasteiger partial charge < -0.3 is 9.47 Å². The molecule has 0 bridgehead atoms. The number of carbonyl (C=O) groups excluding carboxylic acids is 1. The molecule has 0 radical (unpaired) electrons. The van der Waals surface area contributed by atoms with Crippen molar-refractivity contribution in [3.05, 3.63) is 59.4 Å². The van der Waals surface area contributed by atoms with E-state index in [1.54, 1.807) is 24.3 Å². The summed E-state index contributed by atoms with van der Waals surface area (Å²) in [4.78, 5) is 11.9. The molecule has 6 heteroatoms. The Kier molecular flexibility index (Phi) is 7.14. The second kappa shape index (κ2) is 9.56. The fraction of sp³-hybridized carbons (Fsp3) is 0.300. The van der Waals surface area contributed by atoms with E-state index in [1.165, 1.54) is 24.4 Å². The summed E-state index contributed by atoms with van der Waals surface area (Å²) in [6, 6.07) is 11.1. The van der Waals surface area contributed by atoms with Crippen LogP contribution in [0, 0.1) is 11.7 Å². The summed E-state index contributed by atoms with van der Waals surface area (Å²) in [6.07, 6.45) is 1.47. The van der Waals surface area contributed by atoms with Crippen molar-refractivity contribution in [2.75, 3.05) is 13.2 Å². The average Bonchev–Trinajstić information content (AvgIpc) is 2.61. The van der Waals surface area contributed by atoms with Crippen molar-refractivity contribution in [2.24, 2.45) is 11.0 Å². The molecule has 2 aromatic rings. The summed E-state index contributed by atoms with van der Waals surface area (Å²) in [7, 11) is 0. The Morgan fingerprint density at radius 1 is 1.19 bits per heavy atom. The van der Waals surface area contributed by atoms with E-state index >= 15 is 0 Å². The maximum Gasteiger partial charge on any atom is 0.274 e. The Hall–Kier alpha value is -2.89. The third-order valence-corrected chi connectivity index (χ3v) is 3.34. The first-order chi connectivity index (χ1) is 12.5. The summed E-state index contributed by atoms with van der Waals surface area (Å²) in [5, 5.41) is 3.88. The molecular formula is C20H23FN2O3. The molecule has 0 aliphatic carbocycles. The number of nitrogens with one attached hydrogen (secondary N) is 1. The molecule has 0 saturated carbocycles. The van der Waals surface area contributed by atoms with Crippen LogP contribution >= 0.6 is 0 Å². The molecule has 0 unspecified atom stereocenters. The number of hydrazone groups is 1. The molecule has 0 aromatic heterocycles. The normalized spacial score (nSPS) is 11.0. The molecule has 0 atom stereocenters. The van der Waals surface area contributed by atoms with E-state index in [2.05, 4.69) is 24.4 Å². The molecule has 1 amide bonds. The number of halogens is 1. The van der Waals surface area contributed by atoms with Crippen LogP contribution in [0.15, 0.2) is 47.6 Å². The van der Waals surface area contributed by atoms with Crippen molar-refractivity contribution in [2.45, 2.75) is 20.8 Å². The number of hydrogen-bond donors (Lipinski definition) is 1. The van der Waals surface area contributed by atoms with Gasteiger partial charge in [0.15, 0.2) is 11.5 Å². The van der Waals surface area contributed by atoms with Gasteiger partial charge in [0.05, 0.1) is 25.0 Å². The standard InChI is InChI=1S/C20H23FN2O3/c1-4-25-19-11-15(9-10-18(19)26-13-14(2)3)12-22-23-20(24)16-7-5-6-8-17(16)21/h5-12,14H,4,13H2,1-3H3,(H,23,24)/b22-12-. The number of rotatable bonds is 8. The van der Waals surface area contributed by atoms with Crippen molar-refractivity contribution in [1.82, 2.24) is 5.43 Å². The number of hydrogen-bond acceptors (Lipinski definition) is 4. The van der Waals surface area contributed by atoms with E-state index < -0.39 is 11.7 Å². The minimum atomic E-state index is -0.610. The Morgan fingerprint density at radius 2 is 1.96 bits per heavy atom. The third kappa shape index (κ3) is 5.58. The quantitative estimate of drug-likeness (QED) is 0.573. The summed E-state index contributed by atoms with van der Waals surface area (Å²) in [5.41, 5.74) is 2.98. The van der Waals surface area contributed by atoms with Gasteiger partial charge in [0.2, 0.25) is 0 Å². The van der Waals surface area contributed by atoms with Crippen molar-refractivity contribution < 1.29 is 18.7 Å². The summed E-state index contributed by atoms with van der Waals surface area (Å²) in [5.74, 6) is 0.469. The van der Waals surface area contributed by atoms with Crippen LogP contribution in [0.25, 0.3) is 0 Å². The average molecular weight is 358 g/mol. The molecule has 2 aromatic carbocycles. The molecule has 5 nitrogen and oxygen atoms in total. The lowest BCUT2D eigenvalue weighted by Crippen LogP contribution is -2.18. The summed E-state index contributed by atoms with van der Waals surface area (Å²) >= 11 is 0. The van der Waals surface area contributed by atoms with Gasteiger partial charge >= 0.3 is 0 Å². The molecule has 26 heavy (non-hydrogen) atoms. The van der Waals surface area contributed by atoms with E-state index in [9.17, 15) is 9.18 Å². The maximum atomic E-state index is 13.6. The van der Waals surface area contributed by atoms with Crippen molar-refractivity contribution in [1.29, 1.82) is 0 Å². The van der Waals surface area contributed by atoms with Crippen molar-refractivity contribution >= 4 is 12.1 Å². The van der Waals surface area contributed by atoms with Crippen molar-refractivity contribution in [3.63, 3.8) is 0 Å². The minimum Gasteiger partial charge on any atom is -0.490 e. The fourth-order valence-electron chi connectivity index (χ4n) is 2.12. The maximum absolute atomic E-state index is 13.6. The number of nitrogens with zero attached hydrogens (tertiary/aromatic N) is 1. The predicted molar refractivity (Wildman–Crippen MR) is 99.4 cm³/mol. The van der Waals surface area contributed by atoms with E-state index in [-0.39, 0.29) is 5.56 Å². The lowest BCUT2D eigenvalue weighted by Gasteiger charge is -2.13. The SMILES string of the molecule is CCOc1cc(/C=N\NC(=O)c2ccccc2F)ccc1OCC(C)C. The van der Waals surface area contributed by atoms with Gasteiger partial charge in [-0.3, -0.25) is 4.79 Å². The Balaban J connectivity index is 2.06. The molecule has 2 rings (SSSR count). The van der Waals surface area contributed by atoms with Crippen molar-refractivity contribution in [3.8, 4) is 11.5 Å². The molecule has 0 spiro atoms. The van der Waals surface area contributed by atoms with Gasteiger partial charge in [0.25, 0.3) is 5.91 Å². The highest BCUT2D eigenvalue weighted by Crippen LogP contribution is 2.28. The first-order valence-electron chi connectivity index (χ1n) is 8.48. The van der Waals surface area contributed by atoms with Crippen LogP contribution in [0.5, 0.6) is 11.5 Å². The van der Waals surface area contributed by atoms with Crippen LogP contribution in [-0.4, -0.2) is 25.3 Å². The number of carbonyl (C=O) groups is 1. The zero-order chi connectivity index (χ0) is 18.9. The van der Waals surface area contributed by atoms with Crippen LogP contribution in [0.2, 0.25) is 0 Å². The number of benzene rings is 2. The molecule has 0 heterocycles. The Labute approximate surface area is 152 Å². The highest BCUT2D eigenvalue weighted by Gasteiger charge is 2.10. The monoisotopic (exact) mass is 358 g/mol. The molecule has 0 fully saturated rings. The topological polar surface area (TPSA) is 59.9 Å². The summed E-state index contributed by atoms with van der Waals surface area (Å²) in [6.45, 7) is 7.12. The van der Waals surface area contributed by atoms with E-state index in [1.807, 2.05) is 6.92 Å². The van der Waals surface area contributed by atoms with Gasteiger partial charge in [-0.05, 0) is 48.7 Å². The molecule has 138 valence electrons. The molecular weight excluding hydrogens is 335 g/mol. The van der Waals surface area contributed by atoms with Crippen LogP contribution in [-0.2, 0) is 0 Å². The fourth-order valence-corrected chi connectivity index (χ4v) is 2.12. The molecule has 0 aliphatic heterocycles. The van der Waals surface area contributed by atoms with Crippen LogP contribution in [0.4, 0.5) is 4.39 Å². The Morgan fingerprint density at radius 3 is 2.65 bits per heavy atom. The van der Waals surface area contributed by atoms with Crippen LogP contribution in [0.1, 0.15) is 36.7 Å². The highest BCUT2D eigenvalue weighted by atomic mass is 19.1. The van der Waals surface area contributed by atoms with Crippen LogP contribution in [0.3, 0.4) is 0 Å². The first-order valence-corrected chi connectivity index (χ1v) is 8.48. The minimum absolute atomic E-state index is 0.0583. The van der Waals surface area contributed by atoms with Gasteiger partial charge in [0, 0.05) is 0 Å².